The molecular weight excluding hydrogens is 278 g/mol. The minimum Gasteiger partial charge on any atom is -0.312 e. The van der Waals surface area contributed by atoms with Crippen LogP contribution in [0.25, 0.3) is 4.96 Å². The Hall–Kier alpha value is -1.31. The summed E-state index contributed by atoms with van der Waals surface area (Å²) in [5.41, 5.74) is 2.19. The highest BCUT2D eigenvalue weighted by atomic mass is 32.1. The zero-order valence-corrected chi connectivity index (χ0v) is 12.5. The standard InChI is InChI=1S/C12H15N5S2/c1-3-9-11(19-16-15-9)10(13-2)6-8-7-17-4-5-18-12(17)14-8/h4-5,7,10,13H,3,6H2,1-2H3. The van der Waals surface area contributed by atoms with Crippen molar-refractivity contribution in [2.75, 3.05) is 7.05 Å². The zero-order valence-electron chi connectivity index (χ0n) is 10.8. The minimum atomic E-state index is 0.236. The van der Waals surface area contributed by atoms with Gasteiger partial charge in [0.25, 0.3) is 0 Å². The lowest BCUT2D eigenvalue weighted by Crippen LogP contribution is -2.19. The molecule has 0 saturated carbocycles. The van der Waals surface area contributed by atoms with Crippen molar-refractivity contribution in [3.05, 3.63) is 34.0 Å². The van der Waals surface area contributed by atoms with Crippen molar-refractivity contribution in [1.82, 2.24) is 24.3 Å². The number of nitrogens with one attached hydrogen (secondary N) is 1. The molecule has 7 heteroatoms. The molecule has 3 aromatic rings. The molecule has 1 N–H and O–H groups in total. The molecule has 0 aliphatic rings. The van der Waals surface area contributed by atoms with E-state index in [4.69, 9.17) is 0 Å². The first-order valence-electron chi connectivity index (χ1n) is 6.21. The lowest BCUT2D eigenvalue weighted by atomic mass is 10.1. The summed E-state index contributed by atoms with van der Waals surface area (Å²) in [4.78, 5) is 6.90. The Morgan fingerprint density at radius 2 is 2.37 bits per heavy atom. The van der Waals surface area contributed by atoms with E-state index in [1.165, 1.54) is 16.4 Å². The van der Waals surface area contributed by atoms with Gasteiger partial charge in [-0.2, -0.15) is 0 Å². The number of thiazole rings is 1. The maximum Gasteiger partial charge on any atom is 0.193 e. The average Bonchev–Trinajstić information content (AvgIpc) is 3.10. The summed E-state index contributed by atoms with van der Waals surface area (Å²) in [6, 6.07) is 0.236. The molecule has 0 spiro atoms. The summed E-state index contributed by atoms with van der Waals surface area (Å²) in [6.45, 7) is 2.11. The first-order valence-corrected chi connectivity index (χ1v) is 7.86. The van der Waals surface area contributed by atoms with Gasteiger partial charge >= 0.3 is 0 Å². The Labute approximate surface area is 119 Å². The van der Waals surface area contributed by atoms with E-state index in [1.807, 2.05) is 18.6 Å². The van der Waals surface area contributed by atoms with Crippen molar-refractivity contribution in [3.8, 4) is 0 Å². The van der Waals surface area contributed by atoms with Gasteiger partial charge in [-0.3, -0.25) is 4.40 Å². The van der Waals surface area contributed by atoms with Gasteiger partial charge in [0.05, 0.1) is 22.3 Å². The molecule has 0 radical (unpaired) electrons. The average molecular weight is 293 g/mol. The normalized spacial score (nSPS) is 13.2. The molecule has 0 saturated heterocycles. The largest absolute Gasteiger partial charge is 0.312 e. The predicted octanol–water partition coefficient (Wildman–Crippen LogP) is 2.31. The molecule has 0 amide bonds. The number of aryl methyl sites for hydroxylation is 1. The molecule has 0 fully saturated rings. The fourth-order valence-corrected chi connectivity index (χ4v) is 3.70. The van der Waals surface area contributed by atoms with Gasteiger partial charge in [0.1, 0.15) is 0 Å². The Bertz CT molecular complexity index is 640. The number of rotatable bonds is 5. The molecule has 5 nitrogen and oxygen atoms in total. The summed E-state index contributed by atoms with van der Waals surface area (Å²) in [6.07, 6.45) is 5.91. The molecule has 0 aliphatic carbocycles. The van der Waals surface area contributed by atoms with Crippen LogP contribution in [0.2, 0.25) is 0 Å². The van der Waals surface area contributed by atoms with Crippen molar-refractivity contribution < 1.29 is 0 Å². The van der Waals surface area contributed by atoms with Crippen LogP contribution in [0.4, 0.5) is 0 Å². The summed E-state index contributed by atoms with van der Waals surface area (Å²) >= 11 is 3.14. The van der Waals surface area contributed by atoms with Gasteiger partial charge in [-0.1, -0.05) is 11.4 Å². The molecule has 0 aliphatic heterocycles. The molecule has 19 heavy (non-hydrogen) atoms. The number of aromatic nitrogens is 4. The summed E-state index contributed by atoms with van der Waals surface area (Å²) in [7, 11) is 1.97. The third kappa shape index (κ3) is 2.41. The second-order valence-electron chi connectivity index (χ2n) is 4.31. The maximum atomic E-state index is 4.63. The van der Waals surface area contributed by atoms with Crippen molar-refractivity contribution >= 4 is 27.8 Å². The smallest absolute Gasteiger partial charge is 0.193 e. The summed E-state index contributed by atoms with van der Waals surface area (Å²) < 4.78 is 6.13. The number of hydrogen-bond acceptors (Lipinski definition) is 6. The molecule has 1 atom stereocenters. The first kappa shape index (κ1) is 12.7. The molecular formula is C12H15N5S2. The molecule has 3 rings (SSSR count). The maximum absolute atomic E-state index is 4.63. The van der Waals surface area contributed by atoms with Gasteiger partial charge < -0.3 is 5.32 Å². The van der Waals surface area contributed by atoms with Crippen LogP contribution in [0.15, 0.2) is 17.8 Å². The molecule has 0 aromatic carbocycles. The van der Waals surface area contributed by atoms with Crippen molar-refractivity contribution in [3.63, 3.8) is 0 Å². The molecule has 0 bridgehead atoms. The van der Waals surface area contributed by atoms with E-state index in [1.54, 1.807) is 11.3 Å². The number of nitrogens with zero attached hydrogens (tertiary/aromatic N) is 4. The van der Waals surface area contributed by atoms with Crippen LogP contribution in [0.1, 0.15) is 29.2 Å². The SMILES string of the molecule is CCc1nnsc1C(Cc1cn2ccsc2n1)NC. The second-order valence-corrected chi connectivity index (χ2v) is 5.97. The highest BCUT2D eigenvalue weighted by Gasteiger charge is 2.18. The van der Waals surface area contributed by atoms with Crippen LogP contribution in [0, 0.1) is 0 Å². The Morgan fingerprint density at radius 3 is 3.11 bits per heavy atom. The fraction of sp³-hybridized carbons (Fsp3) is 0.417. The minimum absolute atomic E-state index is 0.236. The monoisotopic (exact) mass is 293 g/mol. The lowest BCUT2D eigenvalue weighted by Gasteiger charge is -2.13. The Kier molecular flexibility index (Phi) is 3.58. The Morgan fingerprint density at radius 1 is 1.47 bits per heavy atom. The van der Waals surface area contributed by atoms with E-state index in [0.29, 0.717) is 0 Å². The van der Waals surface area contributed by atoms with Crippen LogP contribution in [0.5, 0.6) is 0 Å². The number of fused-ring (bicyclic) bond motifs is 1. The van der Waals surface area contributed by atoms with Crippen LogP contribution < -0.4 is 5.32 Å². The summed E-state index contributed by atoms with van der Waals surface area (Å²) in [5, 5.41) is 9.58. The third-order valence-corrected chi connectivity index (χ3v) is 4.79. The first-order chi connectivity index (χ1) is 9.31. The lowest BCUT2D eigenvalue weighted by molar-refractivity contribution is 0.589. The van der Waals surface area contributed by atoms with Gasteiger partial charge in [0.2, 0.25) is 0 Å². The summed E-state index contributed by atoms with van der Waals surface area (Å²) in [5.74, 6) is 0. The molecule has 3 heterocycles. The quantitative estimate of drug-likeness (QED) is 0.784. The van der Waals surface area contributed by atoms with E-state index in [9.17, 15) is 0 Å². The van der Waals surface area contributed by atoms with Gasteiger partial charge in [-0.15, -0.1) is 16.4 Å². The van der Waals surface area contributed by atoms with E-state index >= 15 is 0 Å². The van der Waals surface area contributed by atoms with Gasteiger partial charge in [-0.25, -0.2) is 4.98 Å². The van der Waals surface area contributed by atoms with Crippen LogP contribution in [-0.4, -0.2) is 26.0 Å². The highest BCUT2D eigenvalue weighted by Crippen LogP contribution is 2.24. The van der Waals surface area contributed by atoms with E-state index in [2.05, 4.69) is 37.4 Å². The van der Waals surface area contributed by atoms with Gasteiger partial charge in [0, 0.05) is 24.2 Å². The van der Waals surface area contributed by atoms with E-state index in [-0.39, 0.29) is 6.04 Å². The molecule has 100 valence electrons. The van der Waals surface area contributed by atoms with Crippen molar-refractivity contribution in [2.24, 2.45) is 0 Å². The topological polar surface area (TPSA) is 55.1 Å². The van der Waals surface area contributed by atoms with Gasteiger partial charge in [-0.05, 0) is 25.0 Å². The number of imidazole rings is 1. The molecule has 3 aromatic heterocycles. The zero-order chi connectivity index (χ0) is 13.2. The van der Waals surface area contributed by atoms with Crippen LogP contribution >= 0.6 is 22.9 Å². The fourth-order valence-electron chi connectivity index (χ4n) is 2.13. The highest BCUT2D eigenvalue weighted by molar-refractivity contribution is 7.15. The number of hydrogen-bond donors (Lipinski definition) is 1. The number of likely N-dealkylation sites (N-methyl/N-ethyl adjacent to an activating group) is 1. The van der Waals surface area contributed by atoms with Crippen LogP contribution in [0.3, 0.4) is 0 Å². The third-order valence-electron chi connectivity index (χ3n) is 3.14. The van der Waals surface area contributed by atoms with Gasteiger partial charge in [0.15, 0.2) is 4.96 Å². The van der Waals surface area contributed by atoms with E-state index < -0.39 is 0 Å². The van der Waals surface area contributed by atoms with E-state index in [0.717, 1.165) is 29.2 Å². The predicted molar refractivity (Wildman–Crippen MR) is 77.9 cm³/mol. The second kappa shape index (κ2) is 5.36. The van der Waals surface area contributed by atoms with Crippen LogP contribution in [-0.2, 0) is 12.8 Å². The van der Waals surface area contributed by atoms with Crippen molar-refractivity contribution in [2.45, 2.75) is 25.8 Å². The molecule has 1 unspecified atom stereocenters. The Balaban J connectivity index is 1.85. The van der Waals surface area contributed by atoms with Crippen molar-refractivity contribution in [1.29, 1.82) is 0 Å².